The zero-order valence-electron chi connectivity index (χ0n) is 14.4. The Morgan fingerprint density at radius 1 is 1.20 bits per heavy atom. The number of nitrogens with zero attached hydrogens (tertiary/aromatic N) is 2. The van der Waals surface area contributed by atoms with E-state index in [0.717, 1.165) is 24.3 Å². The van der Waals surface area contributed by atoms with Gasteiger partial charge in [-0.2, -0.15) is 0 Å². The third-order valence-corrected chi connectivity index (χ3v) is 4.20. The molecule has 134 valence electrons. The quantitative estimate of drug-likeness (QED) is 0.416. The summed E-state index contributed by atoms with van der Waals surface area (Å²) in [6, 6.07) is 18.5. The van der Waals surface area contributed by atoms with Crippen LogP contribution in [0.2, 0.25) is 0 Å². The molecule has 0 spiro atoms. The lowest BCUT2D eigenvalue weighted by Gasteiger charge is -2.27. The van der Waals surface area contributed by atoms with Crippen molar-refractivity contribution < 1.29 is 4.74 Å². The van der Waals surface area contributed by atoms with E-state index in [2.05, 4.69) is 40.5 Å². The van der Waals surface area contributed by atoms with Crippen molar-refractivity contribution in [2.24, 2.45) is 10.7 Å². The number of aliphatic imine (C=N–C) groups is 1. The Labute approximate surface area is 166 Å². The highest BCUT2D eigenvalue weighted by Gasteiger charge is 2.21. The van der Waals surface area contributed by atoms with E-state index in [0.29, 0.717) is 19.1 Å². The van der Waals surface area contributed by atoms with Gasteiger partial charge in [0.15, 0.2) is 5.96 Å². The Morgan fingerprint density at radius 2 is 1.92 bits per heavy atom. The van der Waals surface area contributed by atoms with E-state index in [-0.39, 0.29) is 30.0 Å². The van der Waals surface area contributed by atoms with Crippen molar-refractivity contribution >= 4 is 35.6 Å². The predicted octanol–water partition coefficient (Wildman–Crippen LogP) is 3.17. The maximum absolute atomic E-state index is 6.07. The first kappa shape index (κ1) is 19.4. The monoisotopic (exact) mass is 452 g/mol. The fourth-order valence-electron chi connectivity index (χ4n) is 2.85. The second-order valence-electron chi connectivity index (χ2n) is 5.90. The van der Waals surface area contributed by atoms with E-state index in [9.17, 15) is 0 Å². The fourth-order valence-corrected chi connectivity index (χ4v) is 2.85. The van der Waals surface area contributed by atoms with Crippen LogP contribution < -0.4 is 20.7 Å². The number of likely N-dealkylation sites (N-methyl/N-ethyl adjacent to an activating group) is 1. The number of hydrogen-bond acceptors (Lipinski definition) is 3. The normalized spacial score (nSPS) is 16.2. The fraction of sp³-hybridized carbons (Fsp3) is 0.316. The summed E-state index contributed by atoms with van der Waals surface area (Å²) in [6.07, 6.45) is 0.886. The minimum atomic E-state index is 0. The summed E-state index contributed by atoms with van der Waals surface area (Å²) in [6.45, 7) is 2.16. The SMILES string of the molecule is CN(CCN=C(N)NC1CCOc2ccccc21)c1ccccc1.I. The lowest BCUT2D eigenvalue weighted by molar-refractivity contribution is 0.262. The van der Waals surface area contributed by atoms with Gasteiger partial charge in [-0.3, -0.25) is 4.99 Å². The molecule has 6 heteroatoms. The Hall–Kier alpha value is -1.96. The van der Waals surface area contributed by atoms with Crippen LogP contribution in [0.3, 0.4) is 0 Å². The van der Waals surface area contributed by atoms with Gasteiger partial charge in [0.1, 0.15) is 5.75 Å². The van der Waals surface area contributed by atoms with Crippen molar-refractivity contribution in [1.29, 1.82) is 0 Å². The van der Waals surface area contributed by atoms with Gasteiger partial charge in [-0.25, -0.2) is 0 Å². The molecule has 1 aliphatic heterocycles. The number of anilines is 1. The van der Waals surface area contributed by atoms with Crippen LogP contribution in [0, 0.1) is 0 Å². The molecule has 2 aromatic carbocycles. The summed E-state index contributed by atoms with van der Waals surface area (Å²) in [4.78, 5) is 6.62. The topological polar surface area (TPSA) is 62.9 Å². The number of ether oxygens (including phenoxy) is 1. The van der Waals surface area contributed by atoms with Gasteiger partial charge in [0.25, 0.3) is 0 Å². The zero-order valence-corrected chi connectivity index (χ0v) is 16.7. The van der Waals surface area contributed by atoms with Crippen LogP contribution in [-0.4, -0.2) is 32.7 Å². The number of benzene rings is 2. The molecule has 0 aliphatic carbocycles. The number of guanidine groups is 1. The van der Waals surface area contributed by atoms with Gasteiger partial charge < -0.3 is 20.7 Å². The van der Waals surface area contributed by atoms with Crippen LogP contribution in [0.25, 0.3) is 0 Å². The van der Waals surface area contributed by atoms with E-state index < -0.39 is 0 Å². The molecule has 3 N–H and O–H groups in total. The summed E-state index contributed by atoms with van der Waals surface area (Å²) in [7, 11) is 2.06. The predicted molar refractivity (Wildman–Crippen MR) is 114 cm³/mol. The maximum atomic E-state index is 6.07. The van der Waals surface area contributed by atoms with Gasteiger partial charge in [-0.05, 0) is 18.2 Å². The van der Waals surface area contributed by atoms with Crippen LogP contribution in [0.1, 0.15) is 18.0 Å². The third-order valence-electron chi connectivity index (χ3n) is 4.20. The smallest absolute Gasteiger partial charge is 0.189 e. The van der Waals surface area contributed by atoms with Gasteiger partial charge >= 0.3 is 0 Å². The summed E-state index contributed by atoms with van der Waals surface area (Å²) in [5.41, 5.74) is 8.39. The number of fused-ring (bicyclic) bond motifs is 1. The van der Waals surface area contributed by atoms with Crippen molar-refractivity contribution in [2.75, 3.05) is 31.6 Å². The van der Waals surface area contributed by atoms with Crippen LogP contribution >= 0.6 is 24.0 Å². The Morgan fingerprint density at radius 3 is 2.72 bits per heavy atom. The molecular formula is C19H25IN4O. The maximum Gasteiger partial charge on any atom is 0.189 e. The molecule has 0 bridgehead atoms. The largest absolute Gasteiger partial charge is 0.493 e. The highest BCUT2D eigenvalue weighted by molar-refractivity contribution is 14.0. The molecule has 2 aromatic rings. The van der Waals surface area contributed by atoms with Gasteiger partial charge in [0.05, 0.1) is 19.2 Å². The molecule has 3 rings (SSSR count). The Balaban J connectivity index is 0.00000225. The molecule has 1 unspecified atom stereocenters. The highest BCUT2D eigenvalue weighted by atomic mass is 127. The molecule has 0 saturated carbocycles. The molecular weight excluding hydrogens is 427 g/mol. The van der Waals surface area contributed by atoms with Crippen LogP contribution in [-0.2, 0) is 0 Å². The second kappa shape index (κ2) is 9.50. The van der Waals surface area contributed by atoms with E-state index in [1.165, 1.54) is 5.69 Å². The molecule has 25 heavy (non-hydrogen) atoms. The number of para-hydroxylation sites is 2. The summed E-state index contributed by atoms with van der Waals surface area (Å²) in [5.74, 6) is 1.41. The third kappa shape index (κ3) is 5.26. The van der Waals surface area contributed by atoms with Crippen LogP contribution in [0.4, 0.5) is 5.69 Å². The van der Waals surface area contributed by atoms with Crippen molar-refractivity contribution in [1.82, 2.24) is 5.32 Å². The first-order valence-electron chi connectivity index (χ1n) is 8.28. The summed E-state index contributed by atoms with van der Waals surface area (Å²) >= 11 is 0. The highest BCUT2D eigenvalue weighted by Crippen LogP contribution is 2.31. The average Bonchev–Trinajstić information content (AvgIpc) is 2.63. The van der Waals surface area contributed by atoms with Crippen molar-refractivity contribution in [3.8, 4) is 5.75 Å². The Kier molecular flexibility index (Phi) is 7.36. The Bertz CT molecular complexity index is 693. The van der Waals surface area contributed by atoms with Gasteiger partial charge in [-0.1, -0.05) is 36.4 Å². The van der Waals surface area contributed by atoms with Crippen LogP contribution in [0.5, 0.6) is 5.75 Å². The average molecular weight is 452 g/mol. The molecule has 5 nitrogen and oxygen atoms in total. The minimum Gasteiger partial charge on any atom is -0.493 e. The zero-order chi connectivity index (χ0) is 16.8. The van der Waals surface area contributed by atoms with Crippen molar-refractivity contribution in [3.63, 3.8) is 0 Å². The van der Waals surface area contributed by atoms with E-state index in [1.54, 1.807) is 0 Å². The molecule has 1 atom stereocenters. The van der Waals surface area contributed by atoms with Crippen molar-refractivity contribution in [3.05, 3.63) is 60.2 Å². The molecule has 0 amide bonds. The summed E-state index contributed by atoms with van der Waals surface area (Å²) in [5, 5.41) is 3.32. The number of rotatable bonds is 5. The molecule has 0 fully saturated rings. The van der Waals surface area contributed by atoms with E-state index >= 15 is 0 Å². The van der Waals surface area contributed by atoms with Gasteiger partial charge in [-0.15, -0.1) is 24.0 Å². The number of nitrogens with two attached hydrogens (primary N) is 1. The van der Waals surface area contributed by atoms with Gasteiger partial charge in [0, 0.05) is 31.3 Å². The molecule has 0 saturated heterocycles. The van der Waals surface area contributed by atoms with E-state index in [1.807, 2.05) is 36.4 Å². The number of nitrogens with one attached hydrogen (secondary N) is 1. The molecule has 1 heterocycles. The lowest BCUT2D eigenvalue weighted by Crippen LogP contribution is -2.37. The van der Waals surface area contributed by atoms with Crippen LogP contribution in [0.15, 0.2) is 59.6 Å². The molecule has 0 aromatic heterocycles. The second-order valence-corrected chi connectivity index (χ2v) is 5.90. The van der Waals surface area contributed by atoms with Crippen molar-refractivity contribution in [2.45, 2.75) is 12.5 Å². The number of hydrogen-bond donors (Lipinski definition) is 2. The number of halogens is 1. The van der Waals surface area contributed by atoms with E-state index in [4.69, 9.17) is 10.5 Å². The lowest BCUT2D eigenvalue weighted by atomic mass is 10.0. The van der Waals surface area contributed by atoms with Gasteiger partial charge in [0.2, 0.25) is 0 Å². The minimum absolute atomic E-state index is 0. The molecule has 0 radical (unpaired) electrons. The molecule has 1 aliphatic rings. The summed E-state index contributed by atoms with van der Waals surface area (Å²) < 4.78 is 5.67. The first-order chi connectivity index (χ1) is 11.7. The first-order valence-corrected chi connectivity index (χ1v) is 8.28. The standard InChI is InChI=1S/C19H24N4O.HI/c1-23(15-7-3-2-4-8-15)13-12-21-19(20)22-17-11-14-24-18-10-6-5-9-16(17)18;/h2-10,17H,11-14H2,1H3,(H3,20,21,22);1H.